The first-order chi connectivity index (χ1) is 31.2. The number of nitrogens with zero attached hydrogens (tertiary/aromatic N) is 1. The number of thiophene rings is 2. The molecule has 0 N–H and O–H groups in total. The summed E-state index contributed by atoms with van der Waals surface area (Å²) in [4.78, 5) is 2.52. The average Bonchev–Trinajstić information content (AvgIpc) is 3.94. The number of hydrogen-bond donors (Lipinski definition) is 0. The van der Waals surface area contributed by atoms with E-state index in [1.165, 1.54) is 107 Å². The molecule has 0 atom stereocenters. The molecule has 0 amide bonds. The summed E-state index contributed by atoms with van der Waals surface area (Å²) >= 11 is 3.78. The van der Waals surface area contributed by atoms with Crippen LogP contribution in [0.2, 0.25) is 0 Å². The highest BCUT2D eigenvalue weighted by Gasteiger charge is 2.24. The summed E-state index contributed by atoms with van der Waals surface area (Å²) in [7, 11) is 0. The van der Waals surface area contributed by atoms with Gasteiger partial charge in [0.1, 0.15) is 0 Å². The van der Waals surface area contributed by atoms with Crippen LogP contribution in [0.1, 0.15) is 0 Å². The lowest BCUT2D eigenvalue weighted by Gasteiger charge is -2.28. The van der Waals surface area contributed by atoms with E-state index in [1.807, 2.05) is 22.7 Å². The van der Waals surface area contributed by atoms with E-state index in [0.717, 1.165) is 5.69 Å². The highest BCUT2D eigenvalue weighted by molar-refractivity contribution is 7.27. The van der Waals surface area contributed by atoms with E-state index in [9.17, 15) is 0 Å². The minimum absolute atomic E-state index is 1.11. The number of rotatable bonds is 8. The molecule has 3 heteroatoms. The topological polar surface area (TPSA) is 3.24 Å². The van der Waals surface area contributed by atoms with Crippen LogP contribution in [0.5, 0.6) is 0 Å². The summed E-state index contributed by atoms with van der Waals surface area (Å²) in [5.41, 5.74) is 15.7. The Kier molecular flexibility index (Phi) is 9.29. The van der Waals surface area contributed by atoms with Crippen molar-refractivity contribution in [2.75, 3.05) is 4.90 Å². The molecule has 0 radical (unpaired) electrons. The summed E-state index contributed by atoms with van der Waals surface area (Å²) in [6.45, 7) is 0. The van der Waals surface area contributed by atoms with Gasteiger partial charge in [-0.15, -0.1) is 22.7 Å². The van der Waals surface area contributed by atoms with Crippen molar-refractivity contribution in [3.8, 4) is 55.6 Å². The van der Waals surface area contributed by atoms with Gasteiger partial charge in [0.15, 0.2) is 0 Å². The molecule has 0 saturated carbocycles. The fourth-order valence-electron chi connectivity index (χ4n) is 9.17. The number of hydrogen-bond acceptors (Lipinski definition) is 3. The molecule has 10 aromatic carbocycles. The fourth-order valence-corrected chi connectivity index (χ4v) is 11.7. The third kappa shape index (κ3) is 6.70. The van der Waals surface area contributed by atoms with Crippen LogP contribution in [0.4, 0.5) is 17.1 Å². The van der Waals surface area contributed by atoms with Crippen LogP contribution in [-0.4, -0.2) is 0 Å². The van der Waals surface area contributed by atoms with Gasteiger partial charge in [-0.25, -0.2) is 0 Å². The van der Waals surface area contributed by atoms with Crippen LogP contribution in [0.15, 0.2) is 237 Å². The normalized spacial score (nSPS) is 11.5. The summed E-state index contributed by atoms with van der Waals surface area (Å²) in [5, 5.41) is 5.08. The van der Waals surface area contributed by atoms with Gasteiger partial charge in [0.05, 0.1) is 16.1 Å². The largest absolute Gasteiger partial charge is 0.308 e. The summed E-state index contributed by atoms with van der Waals surface area (Å²) in [6.07, 6.45) is 0. The van der Waals surface area contributed by atoms with E-state index in [0.29, 0.717) is 0 Å². The zero-order valence-electron chi connectivity index (χ0n) is 34.3. The van der Waals surface area contributed by atoms with Crippen molar-refractivity contribution in [1.82, 2.24) is 0 Å². The quantitative estimate of drug-likeness (QED) is 0.147. The Hall–Kier alpha value is -7.56. The predicted octanol–water partition coefficient (Wildman–Crippen LogP) is 18.2. The lowest BCUT2D eigenvalue weighted by Crippen LogP contribution is -2.10. The van der Waals surface area contributed by atoms with E-state index in [4.69, 9.17) is 0 Å². The highest BCUT2D eigenvalue weighted by atomic mass is 32.1. The van der Waals surface area contributed by atoms with Crippen molar-refractivity contribution in [2.24, 2.45) is 0 Å². The lowest BCUT2D eigenvalue weighted by atomic mass is 9.98. The zero-order valence-corrected chi connectivity index (χ0v) is 35.9. The van der Waals surface area contributed by atoms with E-state index in [2.05, 4.69) is 241 Å². The van der Waals surface area contributed by atoms with Gasteiger partial charge in [0.25, 0.3) is 0 Å². The lowest BCUT2D eigenvalue weighted by molar-refractivity contribution is 1.32. The van der Waals surface area contributed by atoms with Crippen LogP contribution in [0.25, 0.3) is 96.0 Å². The molecular weight excluding hydrogens is 799 g/mol. The zero-order chi connectivity index (χ0) is 41.7. The standard InChI is InChI=1S/C60H39NS2/c1-5-14-40(15-6-1)43-24-26-44(27-25-43)45-28-32-49(33-29-45)61(55-23-13-22-52-51-34-30-47(38-56(51)62-59(52)55)41-16-7-2-8-17-41)54-37-36-50(46-20-11-4-12-21-46)60-58(54)53-35-31-48(39-57(53)63-60)42-18-9-3-10-19-42/h1-39H. The van der Waals surface area contributed by atoms with Gasteiger partial charge < -0.3 is 4.90 Å². The van der Waals surface area contributed by atoms with Gasteiger partial charge in [-0.3, -0.25) is 0 Å². The van der Waals surface area contributed by atoms with Crippen molar-refractivity contribution in [2.45, 2.75) is 0 Å². The van der Waals surface area contributed by atoms with Crippen LogP contribution in [0.3, 0.4) is 0 Å². The van der Waals surface area contributed by atoms with Crippen molar-refractivity contribution in [1.29, 1.82) is 0 Å². The molecule has 0 saturated heterocycles. The molecule has 0 unspecified atom stereocenters. The monoisotopic (exact) mass is 837 g/mol. The summed E-state index contributed by atoms with van der Waals surface area (Å²) in [5.74, 6) is 0. The van der Waals surface area contributed by atoms with E-state index < -0.39 is 0 Å². The molecule has 2 heterocycles. The van der Waals surface area contributed by atoms with E-state index in [1.54, 1.807) is 0 Å². The van der Waals surface area contributed by atoms with Crippen LogP contribution < -0.4 is 4.90 Å². The van der Waals surface area contributed by atoms with Crippen LogP contribution >= 0.6 is 22.7 Å². The van der Waals surface area contributed by atoms with Crippen molar-refractivity contribution < 1.29 is 0 Å². The van der Waals surface area contributed by atoms with Crippen molar-refractivity contribution in [3.05, 3.63) is 237 Å². The Bertz CT molecular complexity index is 3570. The molecule has 0 aliphatic rings. The maximum absolute atomic E-state index is 2.52. The Morgan fingerprint density at radius 2 is 0.714 bits per heavy atom. The molecule has 12 aromatic rings. The predicted molar refractivity (Wildman–Crippen MR) is 274 cm³/mol. The number of anilines is 3. The van der Waals surface area contributed by atoms with Gasteiger partial charge in [-0.2, -0.15) is 0 Å². The smallest absolute Gasteiger partial charge is 0.0640 e. The Labute approximate surface area is 375 Å². The second-order valence-electron chi connectivity index (χ2n) is 16.0. The van der Waals surface area contributed by atoms with Crippen molar-refractivity contribution in [3.63, 3.8) is 0 Å². The van der Waals surface area contributed by atoms with Gasteiger partial charge in [0.2, 0.25) is 0 Å². The highest BCUT2D eigenvalue weighted by Crippen LogP contribution is 2.51. The molecule has 0 spiro atoms. The summed E-state index contributed by atoms with van der Waals surface area (Å²) in [6, 6.07) is 86.5. The third-order valence-electron chi connectivity index (χ3n) is 12.3. The van der Waals surface area contributed by atoms with Crippen molar-refractivity contribution >= 4 is 80.1 Å². The van der Waals surface area contributed by atoms with Crippen LogP contribution in [0, 0.1) is 0 Å². The first-order valence-electron chi connectivity index (χ1n) is 21.4. The second kappa shape index (κ2) is 15.7. The van der Waals surface area contributed by atoms with E-state index in [-0.39, 0.29) is 0 Å². The van der Waals surface area contributed by atoms with Gasteiger partial charge >= 0.3 is 0 Å². The Morgan fingerprint density at radius 1 is 0.270 bits per heavy atom. The number of benzene rings is 10. The van der Waals surface area contributed by atoms with Gasteiger partial charge in [-0.1, -0.05) is 200 Å². The molecule has 12 rings (SSSR count). The Morgan fingerprint density at radius 3 is 1.29 bits per heavy atom. The molecule has 63 heavy (non-hydrogen) atoms. The fraction of sp³-hybridized carbons (Fsp3) is 0. The van der Waals surface area contributed by atoms with E-state index >= 15 is 0 Å². The molecule has 296 valence electrons. The maximum Gasteiger partial charge on any atom is 0.0640 e. The molecule has 1 nitrogen and oxygen atoms in total. The number of fused-ring (bicyclic) bond motifs is 6. The molecule has 0 bridgehead atoms. The first kappa shape index (κ1) is 37.2. The Balaban J connectivity index is 1.07. The average molecular weight is 838 g/mol. The molecule has 0 fully saturated rings. The molecule has 0 aliphatic heterocycles. The molecule has 2 aromatic heterocycles. The minimum Gasteiger partial charge on any atom is -0.308 e. The second-order valence-corrected chi connectivity index (χ2v) is 18.1. The first-order valence-corrected chi connectivity index (χ1v) is 23.0. The minimum atomic E-state index is 1.11. The molecular formula is C60H39NS2. The summed E-state index contributed by atoms with van der Waals surface area (Å²) < 4.78 is 5.12. The van der Waals surface area contributed by atoms with Gasteiger partial charge in [0, 0.05) is 41.3 Å². The SMILES string of the molecule is c1ccc(-c2ccc(-c3ccc(N(c4cccc5c4sc4cc(-c6ccccc6)ccc45)c4ccc(-c5ccccc5)c5sc6cc(-c7ccccc7)ccc6c45)cc3)cc2)cc1. The maximum atomic E-state index is 2.52. The molecule has 0 aliphatic carbocycles. The van der Waals surface area contributed by atoms with Crippen LogP contribution in [-0.2, 0) is 0 Å². The third-order valence-corrected chi connectivity index (χ3v) is 14.7. The van der Waals surface area contributed by atoms with Gasteiger partial charge in [-0.05, 0) is 92.0 Å².